The van der Waals surface area contributed by atoms with E-state index in [1.54, 1.807) is 7.11 Å². The van der Waals surface area contributed by atoms with Crippen LogP contribution in [0.2, 0.25) is 0 Å². The maximum absolute atomic E-state index is 10.7. The third-order valence-corrected chi connectivity index (χ3v) is 2.27. The van der Waals surface area contributed by atoms with Crippen molar-refractivity contribution in [3.8, 4) is 0 Å². The largest absolute Gasteiger partial charge is 0.444 e. The van der Waals surface area contributed by atoms with E-state index in [0.29, 0.717) is 6.42 Å². The van der Waals surface area contributed by atoms with E-state index >= 15 is 0 Å². The second-order valence-electron chi connectivity index (χ2n) is 6.01. The highest BCUT2D eigenvalue weighted by molar-refractivity contribution is 5.65. The van der Waals surface area contributed by atoms with Gasteiger partial charge in [-0.15, -0.1) is 0 Å². The molecule has 0 aliphatic rings. The van der Waals surface area contributed by atoms with Gasteiger partial charge in [0, 0.05) is 13.5 Å². The third kappa shape index (κ3) is 7.51. The summed E-state index contributed by atoms with van der Waals surface area (Å²) < 4.78 is 10.5. The van der Waals surface area contributed by atoms with Gasteiger partial charge in [0.25, 0.3) is 0 Å². The molecular formula is C12H25NO3. The van der Waals surface area contributed by atoms with Gasteiger partial charge in [-0.25, -0.2) is 4.79 Å². The summed E-state index contributed by atoms with van der Waals surface area (Å²) in [5, 5.41) is 0. The first-order valence-corrected chi connectivity index (χ1v) is 5.57. The van der Waals surface area contributed by atoms with Gasteiger partial charge in [-0.1, -0.05) is 20.8 Å². The summed E-state index contributed by atoms with van der Waals surface area (Å²) in [7, 11) is 1.68. The monoisotopic (exact) mass is 231 g/mol. The second-order valence-corrected chi connectivity index (χ2v) is 6.01. The van der Waals surface area contributed by atoms with Crippen molar-refractivity contribution in [2.24, 2.45) is 11.1 Å². The summed E-state index contributed by atoms with van der Waals surface area (Å²) in [5.74, 6) is 0. The van der Waals surface area contributed by atoms with Gasteiger partial charge in [-0.2, -0.15) is 0 Å². The zero-order chi connectivity index (χ0) is 13.0. The van der Waals surface area contributed by atoms with Crippen molar-refractivity contribution in [1.82, 2.24) is 0 Å². The van der Waals surface area contributed by atoms with E-state index in [1.807, 2.05) is 13.8 Å². The molecular weight excluding hydrogens is 206 g/mol. The summed E-state index contributed by atoms with van der Waals surface area (Å²) in [4.78, 5) is 10.7. The Balaban J connectivity index is 4.36. The maximum Gasteiger partial charge on any atom is 0.405 e. The lowest BCUT2D eigenvalue weighted by Gasteiger charge is -2.31. The molecule has 0 rings (SSSR count). The summed E-state index contributed by atoms with van der Waals surface area (Å²) in [6.07, 6.45) is 0.878. The van der Waals surface area contributed by atoms with E-state index in [-0.39, 0.29) is 11.5 Å². The minimum atomic E-state index is -0.740. The summed E-state index contributed by atoms with van der Waals surface area (Å²) in [6.45, 7) is 10.1. The molecule has 0 aromatic carbocycles. The van der Waals surface area contributed by atoms with Crippen LogP contribution in [0.1, 0.15) is 47.5 Å². The lowest BCUT2D eigenvalue weighted by Crippen LogP contribution is -2.36. The highest BCUT2D eigenvalue weighted by Crippen LogP contribution is 2.28. The number of methoxy groups -OCH3 is 1. The number of rotatable bonds is 5. The number of carbonyl (C=O) groups excluding carboxylic acids is 1. The molecule has 0 spiro atoms. The fraction of sp³-hybridized carbons (Fsp3) is 0.917. The number of hydrogen-bond donors (Lipinski definition) is 1. The molecule has 0 bridgehead atoms. The SMILES string of the molecule is COC(CC(C)(C)C)CC(C)(C)OC(N)=O. The van der Waals surface area contributed by atoms with Gasteiger partial charge >= 0.3 is 6.09 Å². The van der Waals surface area contributed by atoms with Crippen LogP contribution in [-0.4, -0.2) is 24.9 Å². The van der Waals surface area contributed by atoms with Crippen LogP contribution in [0.25, 0.3) is 0 Å². The molecule has 0 aliphatic heterocycles. The summed E-state index contributed by atoms with van der Waals surface area (Å²) >= 11 is 0. The number of primary amides is 1. The van der Waals surface area contributed by atoms with Gasteiger partial charge in [-0.3, -0.25) is 0 Å². The van der Waals surface area contributed by atoms with Gasteiger partial charge in [-0.05, 0) is 25.7 Å². The van der Waals surface area contributed by atoms with Crippen LogP contribution in [0.15, 0.2) is 0 Å². The molecule has 0 aliphatic carbocycles. The van der Waals surface area contributed by atoms with E-state index < -0.39 is 11.7 Å². The van der Waals surface area contributed by atoms with Gasteiger partial charge in [0.05, 0.1) is 6.10 Å². The molecule has 2 N–H and O–H groups in total. The Kier molecular flexibility index (Phi) is 5.26. The normalized spacial score (nSPS) is 14.6. The molecule has 0 heterocycles. The number of ether oxygens (including phenoxy) is 2. The Labute approximate surface area is 98.5 Å². The fourth-order valence-corrected chi connectivity index (χ4v) is 1.78. The quantitative estimate of drug-likeness (QED) is 0.791. The van der Waals surface area contributed by atoms with E-state index in [4.69, 9.17) is 15.2 Å². The molecule has 1 amide bonds. The predicted molar refractivity (Wildman–Crippen MR) is 64.2 cm³/mol. The zero-order valence-corrected chi connectivity index (χ0v) is 11.3. The van der Waals surface area contributed by atoms with Crippen LogP contribution in [0.3, 0.4) is 0 Å². The Morgan fingerprint density at radius 2 is 1.69 bits per heavy atom. The van der Waals surface area contributed by atoms with Crippen molar-refractivity contribution in [1.29, 1.82) is 0 Å². The van der Waals surface area contributed by atoms with Crippen molar-refractivity contribution in [3.63, 3.8) is 0 Å². The topological polar surface area (TPSA) is 61.6 Å². The van der Waals surface area contributed by atoms with E-state index in [2.05, 4.69) is 20.8 Å². The first-order valence-electron chi connectivity index (χ1n) is 5.57. The molecule has 0 saturated heterocycles. The third-order valence-electron chi connectivity index (χ3n) is 2.27. The van der Waals surface area contributed by atoms with E-state index in [1.165, 1.54) is 0 Å². The number of nitrogens with two attached hydrogens (primary N) is 1. The highest BCUT2D eigenvalue weighted by Gasteiger charge is 2.29. The van der Waals surface area contributed by atoms with E-state index in [0.717, 1.165) is 6.42 Å². The first-order chi connectivity index (χ1) is 7.06. The Morgan fingerprint density at radius 3 is 2.00 bits per heavy atom. The molecule has 1 unspecified atom stereocenters. The molecule has 96 valence electrons. The molecule has 4 heteroatoms. The number of amides is 1. The minimum absolute atomic E-state index is 0.0642. The lowest BCUT2D eigenvalue weighted by atomic mass is 9.85. The van der Waals surface area contributed by atoms with Crippen LogP contribution < -0.4 is 5.73 Å². The summed E-state index contributed by atoms with van der Waals surface area (Å²) in [6, 6.07) is 0. The van der Waals surface area contributed by atoms with Crippen molar-refractivity contribution in [2.75, 3.05) is 7.11 Å². The Morgan fingerprint density at radius 1 is 1.19 bits per heavy atom. The van der Waals surface area contributed by atoms with Crippen molar-refractivity contribution in [2.45, 2.75) is 59.2 Å². The van der Waals surface area contributed by atoms with Crippen molar-refractivity contribution < 1.29 is 14.3 Å². The number of carbonyl (C=O) groups is 1. The number of hydrogen-bond acceptors (Lipinski definition) is 3. The molecule has 1 atom stereocenters. The first kappa shape index (κ1) is 15.2. The minimum Gasteiger partial charge on any atom is -0.444 e. The van der Waals surface area contributed by atoms with Gasteiger partial charge < -0.3 is 15.2 Å². The molecule has 0 aromatic rings. The Bertz CT molecular complexity index is 231. The molecule has 0 aromatic heterocycles. The predicted octanol–water partition coefficient (Wildman–Crippen LogP) is 2.70. The van der Waals surface area contributed by atoms with Gasteiger partial charge in [0.2, 0.25) is 0 Å². The average Bonchev–Trinajstić information content (AvgIpc) is 1.96. The molecule has 0 radical (unpaired) electrons. The summed E-state index contributed by atoms with van der Waals surface area (Å²) in [5.41, 5.74) is 4.62. The van der Waals surface area contributed by atoms with E-state index in [9.17, 15) is 4.79 Å². The fourth-order valence-electron chi connectivity index (χ4n) is 1.78. The second kappa shape index (κ2) is 5.53. The average molecular weight is 231 g/mol. The van der Waals surface area contributed by atoms with Crippen LogP contribution >= 0.6 is 0 Å². The molecule has 0 saturated carbocycles. The lowest BCUT2D eigenvalue weighted by molar-refractivity contribution is -0.0236. The molecule has 4 nitrogen and oxygen atoms in total. The van der Waals surface area contributed by atoms with Crippen molar-refractivity contribution >= 4 is 6.09 Å². The molecule has 0 fully saturated rings. The smallest absolute Gasteiger partial charge is 0.405 e. The van der Waals surface area contributed by atoms with Crippen LogP contribution in [0.4, 0.5) is 4.79 Å². The maximum atomic E-state index is 10.7. The van der Waals surface area contributed by atoms with Crippen LogP contribution in [0, 0.1) is 5.41 Å². The molecule has 16 heavy (non-hydrogen) atoms. The van der Waals surface area contributed by atoms with Gasteiger partial charge in [0.15, 0.2) is 0 Å². The zero-order valence-electron chi connectivity index (χ0n) is 11.3. The van der Waals surface area contributed by atoms with Crippen LogP contribution in [-0.2, 0) is 9.47 Å². The standard InChI is InChI=1S/C12H25NO3/c1-11(2,3)7-9(15-6)8-12(4,5)16-10(13)14/h9H,7-8H2,1-6H3,(H2,13,14). The Hall–Kier alpha value is -0.770. The van der Waals surface area contributed by atoms with Crippen molar-refractivity contribution in [3.05, 3.63) is 0 Å². The van der Waals surface area contributed by atoms with Crippen LogP contribution in [0.5, 0.6) is 0 Å². The highest BCUT2D eigenvalue weighted by atomic mass is 16.6. The van der Waals surface area contributed by atoms with Gasteiger partial charge in [0.1, 0.15) is 5.60 Å².